The molecule has 5 N–H and O–H groups in total. The third-order valence-corrected chi connectivity index (χ3v) is 24.4. The standard InChI is InChI=1S/C31H28ClFN7O4P.C27H18BrClFN7O.C27H20ClFN7O4P/c1-3-43-45(42,44-4-2)24-10-11-26-27(18-24)36-31(35-26)29(15-20-5-8-23(33)9-6-20)39-14-13-21(16-30(39)41)25-17-22(32)7-12-28(25)40-19-34-37-38-40;28-18-3-7-22-23(13-18)33-27(32-22)25(11-16-1-5-20(30)6-2-16)36-10-9-17(12-26(36)38)21-14-19(29)4-8-24(21)37-15-31-34-35-37;28-18-3-8-24(36-15-30-33-34-36)21(13-18)17-9-10-35(26(37)12-17)25(11-16-1-4-19(29)5-2-16)27-31-22-7-6-20(41(38,39)40)14-23(22)32-27/h5-14,16-19,29H,3-4,15H2,1-2H3,(H,35,36);1-10,12-15,25H,11H2,(H,32,33);1-10,12-15,25H,11H2,(H,31,32)(H2,38,39,40)/t29-;2*25-/m000/s1. The second kappa shape index (κ2) is 36.5. The number of benzene rings is 9. The lowest BCUT2D eigenvalue weighted by atomic mass is 10.0. The quantitative estimate of drug-likeness (QED) is 0.0351. The van der Waals surface area contributed by atoms with Gasteiger partial charge in [-0.1, -0.05) is 87.1 Å². The van der Waals surface area contributed by atoms with Crippen molar-refractivity contribution in [2.75, 3.05) is 13.2 Å². The van der Waals surface area contributed by atoms with Crippen molar-refractivity contribution in [3.63, 3.8) is 0 Å². The number of fused-ring (bicyclic) bond motifs is 3. The highest BCUT2D eigenvalue weighted by atomic mass is 79.9. The Hall–Kier alpha value is -13.1. The Morgan fingerprint density at radius 2 is 0.734 bits per heavy atom. The van der Waals surface area contributed by atoms with Gasteiger partial charge in [0.1, 0.15) is 53.9 Å². The number of aromatic amines is 3. The Morgan fingerprint density at radius 1 is 0.411 bits per heavy atom. The first-order valence-electron chi connectivity index (χ1n) is 38.0. The summed E-state index contributed by atoms with van der Waals surface area (Å²) < 4.78 is 87.3. The van der Waals surface area contributed by atoms with Gasteiger partial charge in [-0.15, -0.1) is 15.3 Å². The number of hydrogen-bond acceptors (Lipinski definition) is 19. The summed E-state index contributed by atoms with van der Waals surface area (Å²) in [6, 6.07) is 57.2. The number of nitrogens with one attached hydrogen (secondary N) is 3. The van der Waals surface area contributed by atoms with Gasteiger partial charge in [-0.05, 0) is 242 Å². The molecule has 0 spiro atoms. The van der Waals surface area contributed by atoms with E-state index in [1.165, 1.54) is 104 Å². The summed E-state index contributed by atoms with van der Waals surface area (Å²) in [7, 11) is -8.02. The van der Waals surface area contributed by atoms with Gasteiger partial charge < -0.3 is 47.5 Å². The summed E-state index contributed by atoms with van der Waals surface area (Å²) in [4.78, 5) is 84.2. The maximum atomic E-state index is 13.8. The number of pyridine rings is 3. The zero-order valence-corrected chi connectivity index (χ0v) is 70.5. The van der Waals surface area contributed by atoms with Crippen LogP contribution in [0.3, 0.4) is 0 Å². The Balaban J connectivity index is 0.000000138. The molecular weight excluding hydrogens is 1760 g/mol. The second-order valence-electron chi connectivity index (χ2n) is 28.1. The number of tetrazole rings is 3. The molecule has 0 aliphatic rings. The molecule has 30 nitrogen and oxygen atoms in total. The maximum absolute atomic E-state index is 13.8. The topological polar surface area (TPSA) is 376 Å². The molecule has 3 atom stereocenters. The predicted octanol–water partition coefficient (Wildman–Crippen LogP) is 15.4. The molecule has 0 saturated heterocycles. The van der Waals surface area contributed by atoms with E-state index >= 15 is 0 Å². The van der Waals surface area contributed by atoms with Gasteiger partial charge in [0.15, 0.2) is 0 Å². The first-order chi connectivity index (χ1) is 59.9. The van der Waals surface area contributed by atoms with Crippen LogP contribution in [0.5, 0.6) is 0 Å². The van der Waals surface area contributed by atoms with Crippen LogP contribution < -0.4 is 27.3 Å². The van der Waals surface area contributed by atoms with Gasteiger partial charge in [0, 0.05) is 92.3 Å². The van der Waals surface area contributed by atoms with E-state index in [2.05, 4.69) is 82.4 Å². The molecule has 0 bridgehead atoms. The lowest BCUT2D eigenvalue weighted by Crippen LogP contribution is -2.27. The van der Waals surface area contributed by atoms with Crippen molar-refractivity contribution in [2.45, 2.75) is 51.2 Å². The molecule has 624 valence electrons. The molecule has 9 aromatic heterocycles. The van der Waals surface area contributed by atoms with Crippen LogP contribution in [0.1, 0.15) is 66.1 Å². The molecular formula is C85H66BrCl3F3N21O9P2. The van der Waals surface area contributed by atoms with Crippen molar-refractivity contribution in [1.82, 2.24) is 104 Å². The average molecular weight is 1830 g/mol. The molecule has 18 aromatic rings. The lowest BCUT2D eigenvalue weighted by Gasteiger charge is -2.19. The van der Waals surface area contributed by atoms with Crippen LogP contribution in [-0.2, 0) is 37.4 Å². The summed E-state index contributed by atoms with van der Waals surface area (Å²) in [5, 5.41) is 35.8. The minimum atomic E-state index is -4.48. The van der Waals surface area contributed by atoms with Crippen molar-refractivity contribution < 1.29 is 41.1 Å². The van der Waals surface area contributed by atoms with Gasteiger partial charge in [-0.2, -0.15) is 14.0 Å². The number of aromatic nitrogens is 21. The van der Waals surface area contributed by atoms with Crippen molar-refractivity contribution in [1.29, 1.82) is 0 Å². The number of halogens is 7. The normalized spacial score (nSPS) is 12.4. The van der Waals surface area contributed by atoms with Crippen LogP contribution in [-0.4, -0.2) is 127 Å². The van der Waals surface area contributed by atoms with E-state index in [0.29, 0.717) is 123 Å². The number of H-pyrrole nitrogens is 3. The van der Waals surface area contributed by atoms with Gasteiger partial charge in [0.05, 0.1) is 92.1 Å². The Labute approximate surface area is 723 Å². The zero-order chi connectivity index (χ0) is 86.5. The van der Waals surface area contributed by atoms with Gasteiger partial charge in [-0.25, -0.2) is 28.1 Å². The van der Waals surface area contributed by atoms with E-state index in [1.807, 2.05) is 24.3 Å². The summed E-state index contributed by atoms with van der Waals surface area (Å²) in [6.45, 7) is 3.93. The van der Waals surface area contributed by atoms with E-state index in [4.69, 9.17) is 53.8 Å². The molecule has 9 aromatic carbocycles. The van der Waals surface area contributed by atoms with Gasteiger partial charge in [0.2, 0.25) is 0 Å². The van der Waals surface area contributed by atoms with Crippen LogP contribution in [0.15, 0.2) is 275 Å². The largest absolute Gasteiger partial charge is 0.361 e. The number of hydrogen-bond donors (Lipinski definition) is 5. The van der Waals surface area contributed by atoms with Gasteiger partial charge in [-0.3, -0.25) is 23.5 Å². The van der Waals surface area contributed by atoms with Gasteiger partial charge >= 0.3 is 15.2 Å². The van der Waals surface area contributed by atoms with Crippen LogP contribution in [0.25, 0.3) is 83.5 Å². The first-order valence-corrected chi connectivity index (χ1v) is 43.1. The van der Waals surface area contributed by atoms with E-state index < -0.39 is 33.3 Å². The third-order valence-electron chi connectivity index (χ3n) is 20.1. The molecule has 0 amide bonds. The Kier molecular flexibility index (Phi) is 24.9. The number of rotatable bonds is 24. The molecule has 9 heterocycles. The summed E-state index contributed by atoms with van der Waals surface area (Å²) >= 11 is 22.4. The smallest absolute Gasteiger partial charge is 0.340 e. The zero-order valence-electron chi connectivity index (χ0n) is 64.9. The molecule has 124 heavy (non-hydrogen) atoms. The maximum Gasteiger partial charge on any atom is 0.361 e. The molecule has 0 aliphatic carbocycles. The first kappa shape index (κ1) is 84.5. The lowest BCUT2D eigenvalue weighted by molar-refractivity contribution is 0.230. The van der Waals surface area contributed by atoms with Crippen molar-refractivity contribution >= 4 is 110 Å². The van der Waals surface area contributed by atoms with Crippen LogP contribution in [0, 0.1) is 17.5 Å². The average Bonchev–Trinajstić information content (AvgIpc) is 1.57. The van der Waals surface area contributed by atoms with E-state index in [9.17, 15) is 46.5 Å². The van der Waals surface area contributed by atoms with E-state index in [0.717, 1.165) is 32.2 Å². The van der Waals surface area contributed by atoms with Gasteiger partial charge in [0.25, 0.3) is 16.7 Å². The molecule has 0 aliphatic heterocycles. The number of nitrogens with zero attached hydrogens (tertiary/aromatic N) is 18. The van der Waals surface area contributed by atoms with E-state index in [-0.39, 0.29) is 59.1 Å². The summed E-state index contributed by atoms with van der Waals surface area (Å²) in [5.41, 5.74) is 11.0. The van der Waals surface area contributed by atoms with Crippen molar-refractivity contribution in [3.8, 4) is 50.4 Å². The predicted molar refractivity (Wildman–Crippen MR) is 464 cm³/mol. The highest BCUT2D eigenvalue weighted by molar-refractivity contribution is 9.10. The molecule has 18 rings (SSSR count). The fourth-order valence-electron chi connectivity index (χ4n) is 14.3. The Bertz CT molecular complexity index is 7220. The molecule has 0 fully saturated rings. The minimum Gasteiger partial charge on any atom is -0.340 e. The fraction of sp³-hybridized carbons (Fsp3) is 0.118. The molecule has 39 heteroatoms. The second-order valence-corrected chi connectivity index (χ2v) is 33.9. The van der Waals surface area contributed by atoms with Crippen LogP contribution in [0.2, 0.25) is 15.1 Å². The number of imidazole rings is 3. The van der Waals surface area contributed by atoms with Crippen molar-refractivity contribution in [3.05, 3.63) is 358 Å². The SMILES string of the molecule is CCOP(=O)(OCC)c1ccc2nc([C@H](Cc3ccc(F)cc3)n3ccc(-c4cc(Cl)ccc4-n4cnnn4)cc3=O)[nH]c2c1.O=c1cc(-c2cc(Cl)ccc2-n2cnnn2)ccn1[C@@H](Cc1ccc(F)cc1)c1nc2ccc(Br)cc2[nH]1.O=c1cc(-c2cc(Cl)ccc2-n2cnnn2)ccn1[C@@H](Cc1ccc(F)cc1)c1nc2ccc(P(=O)(O)O)cc2[nH]1. The highest BCUT2D eigenvalue weighted by Gasteiger charge is 2.30. The Morgan fingerprint density at radius 3 is 1.05 bits per heavy atom. The minimum absolute atomic E-state index is 0.156. The summed E-state index contributed by atoms with van der Waals surface area (Å²) in [5.74, 6) is 0.427. The van der Waals surface area contributed by atoms with Crippen LogP contribution in [0.4, 0.5) is 13.2 Å². The summed E-state index contributed by atoms with van der Waals surface area (Å²) in [6.07, 6.45) is 10.5. The van der Waals surface area contributed by atoms with E-state index in [1.54, 1.807) is 169 Å². The highest BCUT2D eigenvalue weighted by Crippen LogP contribution is 2.47. The van der Waals surface area contributed by atoms with Crippen LogP contribution >= 0.6 is 65.9 Å². The van der Waals surface area contributed by atoms with Crippen molar-refractivity contribution in [2.24, 2.45) is 0 Å². The third kappa shape index (κ3) is 18.9. The molecule has 0 radical (unpaired) electrons. The fourth-order valence-corrected chi connectivity index (χ4v) is 17.3. The molecule has 0 saturated carbocycles. The molecule has 0 unspecified atom stereocenters. The monoisotopic (exact) mass is 1830 g/mol.